The van der Waals surface area contributed by atoms with E-state index in [2.05, 4.69) is 14.9 Å². The van der Waals surface area contributed by atoms with Crippen LogP contribution in [0.4, 0.5) is 22.0 Å². The van der Waals surface area contributed by atoms with E-state index in [9.17, 15) is 31.9 Å². The molecule has 2 aromatic carbocycles. The Morgan fingerprint density at radius 3 is 2.44 bits per heavy atom. The summed E-state index contributed by atoms with van der Waals surface area (Å²) in [6, 6.07) is 12.9. The SMILES string of the molecule is O=C(OCC(O)c1ccc(-c2nnc3ccc(Cc4ccc(F)cc4F)cn23)cc1)C(F)(F)F. The van der Waals surface area contributed by atoms with Crippen molar-refractivity contribution in [1.82, 2.24) is 14.6 Å². The standard InChI is InChI=1S/C23H16F5N3O3/c24-17-7-6-16(18(25)10-17)9-13-1-8-20-29-30-21(31(20)11-13)15-4-2-14(3-5-15)19(32)12-34-22(33)23(26,27)28/h1-8,10-11,19,32H,9,12H2. The number of halogens is 5. The van der Waals surface area contributed by atoms with Crippen molar-refractivity contribution in [3.05, 3.63) is 89.1 Å². The average Bonchev–Trinajstić information content (AvgIpc) is 3.22. The zero-order chi connectivity index (χ0) is 24.5. The van der Waals surface area contributed by atoms with Gasteiger partial charge in [0.2, 0.25) is 0 Å². The van der Waals surface area contributed by atoms with Crippen molar-refractivity contribution in [2.75, 3.05) is 6.61 Å². The Morgan fingerprint density at radius 2 is 1.76 bits per heavy atom. The molecule has 0 saturated carbocycles. The predicted molar refractivity (Wildman–Crippen MR) is 110 cm³/mol. The van der Waals surface area contributed by atoms with Gasteiger partial charge >= 0.3 is 12.1 Å². The van der Waals surface area contributed by atoms with E-state index in [1.54, 1.807) is 34.9 Å². The zero-order valence-electron chi connectivity index (χ0n) is 17.3. The molecule has 2 heterocycles. The molecule has 0 aliphatic heterocycles. The Bertz CT molecular complexity index is 1340. The second kappa shape index (κ2) is 9.18. The summed E-state index contributed by atoms with van der Waals surface area (Å²) in [5, 5.41) is 18.2. The normalized spacial score (nSPS) is 12.6. The van der Waals surface area contributed by atoms with Gasteiger partial charge in [0.1, 0.15) is 24.3 Å². The number of alkyl halides is 3. The van der Waals surface area contributed by atoms with E-state index in [0.29, 0.717) is 22.6 Å². The first-order valence-corrected chi connectivity index (χ1v) is 9.92. The smallest absolute Gasteiger partial charge is 0.456 e. The third-order valence-corrected chi connectivity index (χ3v) is 5.03. The fourth-order valence-corrected chi connectivity index (χ4v) is 3.31. The minimum absolute atomic E-state index is 0.210. The highest BCUT2D eigenvalue weighted by molar-refractivity contribution is 5.75. The maximum atomic E-state index is 14.0. The van der Waals surface area contributed by atoms with Gasteiger partial charge in [0.15, 0.2) is 11.5 Å². The van der Waals surface area contributed by atoms with Crippen LogP contribution in [-0.4, -0.2) is 38.5 Å². The van der Waals surface area contributed by atoms with Crippen LogP contribution in [0.3, 0.4) is 0 Å². The number of aliphatic hydroxyl groups excluding tert-OH is 1. The second-order valence-corrected chi connectivity index (χ2v) is 7.44. The summed E-state index contributed by atoms with van der Waals surface area (Å²) in [4.78, 5) is 10.8. The number of benzene rings is 2. The molecular weight excluding hydrogens is 461 g/mol. The van der Waals surface area contributed by atoms with E-state index < -0.39 is 36.5 Å². The van der Waals surface area contributed by atoms with Gasteiger partial charge in [-0.1, -0.05) is 36.4 Å². The summed E-state index contributed by atoms with van der Waals surface area (Å²) in [6.07, 6.45) is -4.67. The number of nitrogens with zero attached hydrogens (tertiary/aromatic N) is 3. The number of esters is 1. The number of hydrogen-bond acceptors (Lipinski definition) is 5. The molecule has 11 heteroatoms. The van der Waals surface area contributed by atoms with Gasteiger partial charge in [-0.2, -0.15) is 13.2 Å². The fourth-order valence-electron chi connectivity index (χ4n) is 3.31. The van der Waals surface area contributed by atoms with Crippen molar-refractivity contribution in [3.8, 4) is 11.4 Å². The lowest BCUT2D eigenvalue weighted by molar-refractivity contribution is -0.202. The van der Waals surface area contributed by atoms with E-state index in [4.69, 9.17) is 0 Å². The van der Waals surface area contributed by atoms with Crippen molar-refractivity contribution >= 4 is 11.6 Å². The van der Waals surface area contributed by atoms with Crippen LogP contribution in [0.5, 0.6) is 0 Å². The van der Waals surface area contributed by atoms with Gasteiger partial charge in [-0.3, -0.25) is 4.40 Å². The molecule has 0 spiro atoms. The number of ether oxygens (including phenoxy) is 1. The molecule has 34 heavy (non-hydrogen) atoms. The van der Waals surface area contributed by atoms with Crippen molar-refractivity contribution in [2.45, 2.75) is 18.7 Å². The summed E-state index contributed by atoms with van der Waals surface area (Å²) < 4.78 is 69.6. The van der Waals surface area contributed by atoms with Crippen LogP contribution in [0.25, 0.3) is 17.0 Å². The quantitative estimate of drug-likeness (QED) is 0.329. The summed E-state index contributed by atoms with van der Waals surface area (Å²) >= 11 is 0. The van der Waals surface area contributed by atoms with E-state index in [1.807, 2.05) is 0 Å². The van der Waals surface area contributed by atoms with E-state index >= 15 is 0 Å². The Hall–Kier alpha value is -3.86. The molecule has 1 N–H and O–H groups in total. The third-order valence-electron chi connectivity index (χ3n) is 5.03. The number of carbonyl (C=O) groups is 1. The molecule has 0 aliphatic rings. The molecule has 0 fully saturated rings. The lowest BCUT2D eigenvalue weighted by atomic mass is 10.1. The van der Waals surface area contributed by atoms with E-state index in [-0.39, 0.29) is 12.0 Å². The maximum Gasteiger partial charge on any atom is 0.490 e. The number of aromatic nitrogens is 3. The van der Waals surface area contributed by atoms with E-state index in [0.717, 1.165) is 11.6 Å². The molecule has 1 unspecified atom stereocenters. The molecule has 1 atom stereocenters. The molecule has 6 nitrogen and oxygen atoms in total. The molecule has 4 aromatic rings. The number of rotatable bonds is 6. The Morgan fingerprint density at radius 1 is 1.03 bits per heavy atom. The molecule has 176 valence electrons. The van der Waals surface area contributed by atoms with Crippen LogP contribution < -0.4 is 0 Å². The number of carbonyl (C=O) groups excluding carboxylic acids is 1. The Labute approximate surface area is 189 Å². The zero-order valence-corrected chi connectivity index (χ0v) is 17.3. The predicted octanol–water partition coefficient (Wildman–Crippen LogP) is 4.40. The van der Waals surface area contributed by atoms with Gasteiger partial charge in [-0.25, -0.2) is 13.6 Å². The van der Waals surface area contributed by atoms with Crippen molar-refractivity contribution in [3.63, 3.8) is 0 Å². The van der Waals surface area contributed by atoms with Crippen LogP contribution in [0.2, 0.25) is 0 Å². The second-order valence-electron chi connectivity index (χ2n) is 7.44. The van der Waals surface area contributed by atoms with Gasteiger partial charge in [-0.15, -0.1) is 10.2 Å². The Balaban J connectivity index is 1.53. The van der Waals surface area contributed by atoms with Crippen LogP contribution in [0.1, 0.15) is 22.8 Å². The number of hydrogen-bond donors (Lipinski definition) is 1. The largest absolute Gasteiger partial charge is 0.490 e. The first kappa shape index (κ1) is 23.3. The van der Waals surface area contributed by atoms with Gasteiger partial charge in [0, 0.05) is 24.2 Å². The molecule has 4 rings (SSSR count). The van der Waals surface area contributed by atoms with Crippen molar-refractivity contribution in [1.29, 1.82) is 0 Å². The van der Waals surface area contributed by atoms with Crippen LogP contribution in [0, 0.1) is 11.6 Å². The van der Waals surface area contributed by atoms with Crippen LogP contribution >= 0.6 is 0 Å². The molecular formula is C23H16F5N3O3. The summed E-state index contributed by atoms with van der Waals surface area (Å²) in [5.74, 6) is -3.26. The number of fused-ring (bicyclic) bond motifs is 1. The summed E-state index contributed by atoms with van der Waals surface area (Å²) in [5.41, 5.74) is 2.37. The van der Waals surface area contributed by atoms with Gasteiger partial charge in [0.25, 0.3) is 0 Å². The summed E-state index contributed by atoms with van der Waals surface area (Å²) in [6.45, 7) is -0.852. The molecule has 0 aliphatic carbocycles. The minimum atomic E-state index is -5.14. The molecule has 0 amide bonds. The van der Waals surface area contributed by atoms with Crippen molar-refractivity contribution < 1.29 is 36.6 Å². The lowest BCUT2D eigenvalue weighted by Crippen LogP contribution is -2.27. The first-order chi connectivity index (χ1) is 16.1. The maximum absolute atomic E-state index is 14.0. The van der Waals surface area contributed by atoms with Gasteiger partial charge in [-0.05, 0) is 28.8 Å². The minimum Gasteiger partial charge on any atom is -0.456 e. The lowest BCUT2D eigenvalue weighted by Gasteiger charge is -2.13. The van der Waals surface area contributed by atoms with Crippen LogP contribution in [-0.2, 0) is 16.0 Å². The number of pyridine rings is 1. The monoisotopic (exact) mass is 477 g/mol. The summed E-state index contributed by atoms with van der Waals surface area (Å²) in [7, 11) is 0. The molecule has 2 aromatic heterocycles. The highest BCUT2D eigenvalue weighted by atomic mass is 19.4. The van der Waals surface area contributed by atoms with Crippen molar-refractivity contribution in [2.24, 2.45) is 0 Å². The molecule has 0 bridgehead atoms. The number of aliphatic hydroxyl groups is 1. The highest BCUT2D eigenvalue weighted by Crippen LogP contribution is 2.24. The topological polar surface area (TPSA) is 76.7 Å². The van der Waals surface area contributed by atoms with Gasteiger partial charge in [0.05, 0.1) is 0 Å². The molecule has 0 radical (unpaired) electrons. The van der Waals surface area contributed by atoms with Gasteiger partial charge < -0.3 is 9.84 Å². The first-order valence-electron chi connectivity index (χ1n) is 9.92. The molecule has 0 saturated heterocycles. The third kappa shape index (κ3) is 5.04. The van der Waals surface area contributed by atoms with E-state index in [1.165, 1.54) is 24.3 Å². The van der Waals surface area contributed by atoms with Crippen LogP contribution in [0.15, 0.2) is 60.8 Å². The average molecular weight is 477 g/mol. The highest BCUT2D eigenvalue weighted by Gasteiger charge is 2.41. The fraction of sp³-hybridized carbons (Fsp3) is 0.174. The Kier molecular flexibility index (Phi) is 6.29.